The summed E-state index contributed by atoms with van der Waals surface area (Å²) in [5.74, 6) is -0.132. The fourth-order valence-corrected chi connectivity index (χ4v) is 7.83. The van der Waals surface area contributed by atoms with E-state index >= 15 is 4.39 Å². The fourth-order valence-electron chi connectivity index (χ4n) is 7.83. The van der Waals surface area contributed by atoms with Crippen LogP contribution < -0.4 is 25.8 Å². The molecule has 280 valence electrons. The van der Waals surface area contributed by atoms with Gasteiger partial charge in [-0.2, -0.15) is 0 Å². The molecule has 1 aromatic heterocycles. The third-order valence-corrected chi connectivity index (χ3v) is 11.1. The van der Waals surface area contributed by atoms with E-state index in [-0.39, 0.29) is 29.5 Å². The molecule has 0 saturated carbocycles. The predicted octanol–water partition coefficient (Wildman–Crippen LogP) is 6.83. The van der Waals surface area contributed by atoms with Gasteiger partial charge in [-0.05, 0) is 106 Å². The summed E-state index contributed by atoms with van der Waals surface area (Å²) in [6, 6.07) is 9.30. The van der Waals surface area contributed by atoms with Gasteiger partial charge in [0.25, 0.3) is 5.56 Å². The number of hydrogen-bond donors (Lipinski definition) is 2. The Morgan fingerprint density at radius 2 is 1.56 bits per heavy atom. The largest absolute Gasteiger partial charge is 0.573 e. The zero-order valence-corrected chi connectivity index (χ0v) is 30.0. The van der Waals surface area contributed by atoms with Gasteiger partial charge in [0.2, 0.25) is 11.8 Å². The van der Waals surface area contributed by atoms with E-state index in [0.29, 0.717) is 58.4 Å². The first-order valence-corrected chi connectivity index (χ1v) is 18.2. The summed E-state index contributed by atoms with van der Waals surface area (Å²) in [7, 11) is 1.63. The summed E-state index contributed by atoms with van der Waals surface area (Å²) < 4.78 is 61.6. The van der Waals surface area contributed by atoms with Crippen molar-refractivity contribution in [2.45, 2.75) is 84.2 Å². The number of aromatic nitrogens is 1. The molecule has 3 aliphatic heterocycles. The van der Waals surface area contributed by atoms with Crippen LogP contribution in [0, 0.1) is 31.5 Å². The zero-order valence-electron chi connectivity index (χ0n) is 30.0. The van der Waals surface area contributed by atoms with Crippen molar-refractivity contribution >= 4 is 23.2 Å². The maximum atomic E-state index is 15.1. The lowest BCUT2D eigenvalue weighted by molar-refractivity contribution is -0.275. The van der Waals surface area contributed by atoms with E-state index in [1.54, 1.807) is 51.4 Å². The fraction of sp³-hybridized carbons (Fsp3) is 0.513. The second kappa shape index (κ2) is 15.7. The van der Waals surface area contributed by atoms with Gasteiger partial charge in [-0.25, -0.2) is 4.39 Å². The van der Waals surface area contributed by atoms with E-state index in [1.165, 1.54) is 16.7 Å². The Hall–Kier alpha value is -4.39. The Morgan fingerprint density at radius 1 is 0.885 bits per heavy atom. The Morgan fingerprint density at radius 3 is 2.19 bits per heavy atom. The summed E-state index contributed by atoms with van der Waals surface area (Å²) in [6.07, 6.45) is 3.55. The summed E-state index contributed by atoms with van der Waals surface area (Å²) in [4.78, 5) is 40.1. The average Bonchev–Trinajstić information content (AvgIpc) is 3.10. The smallest absolute Gasteiger partial charge is 0.405 e. The summed E-state index contributed by atoms with van der Waals surface area (Å²) in [6.45, 7) is 6.99. The topological polar surface area (TPSA) is 95.9 Å². The minimum Gasteiger partial charge on any atom is -0.405 e. The number of nitrogens with zero attached hydrogens (tertiary/aromatic N) is 3. The quantitative estimate of drug-likeness (QED) is 0.175. The number of piperidine rings is 3. The summed E-state index contributed by atoms with van der Waals surface area (Å²) >= 11 is 0. The highest BCUT2D eigenvalue weighted by molar-refractivity contribution is 6.01. The molecule has 0 bridgehead atoms. The highest BCUT2D eigenvalue weighted by Gasteiger charge is 2.33. The number of benzene rings is 2. The van der Waals surface area contributed by atoms with Crippen molar-refractivity contribution in [1.29, 1.82) is 0 Å². The number of rotatable bonds is 10. The molecule has 3 fully saturated rings. The summed E-state index contributed by atoms with van der Waals surface area (Å²) in [5.41, 5.74) is 3.92. The number of aryl methyl sites for hydroxylation is 1. The standard InChI is InChI=1S/C39H47F4N5O4/c1-24-25(2)38(51)46(3)23-31(24)28-6-7-29(35(20-28)52-39(41,42)43)22-47-16-12-26(13-17-47)4-5-27-14-18-48(19-15-27)34-10-8-30(21-32(34)40)44-33-9-11-36(49)45-37(33)50/h6-8,10,20-21,23,26-27,33,44H,4-5,9,11-19,22H2,1-3H3,(H,45,49,50). The molecule has 4 heterocycles. The van der Waals surface area contributed by atoms with Crippen LogP contribution in [0.1, 0.15) is 68.1 Å². The monoisotopic (exact) mass is 725 g/mol. The molecule has 3 saturated heterocycles. The number of pyridine rings is 1. The van der Waals surface area contributed by atoms with Crippen LogP contribution in [0.15, 0.2) is 47.4 Å². The number of ether oxygens (including phenoxy) is 1. The highest BCUT2D eigenvalue weighted by atomic mass is 19.4. The molecule has 52 heavy (non-hydrogen) atoms. The van der Waals surface area contributed by atoms with Gasteiger partial charge in [0.1, 0.15) is 17.6 Å². The SMILES string of the molecule is Cc1c(-c2ccc(CN3CCC(CCC4CCN(c5ccc(NC6CCC(=O)NC6=O)cc5F)CC4)CC3)c(OC(F)(F)F)c2)cn(C)c(=O)c1C. The Bertz CT molecular complexity index is 1850. The number of nitrogens with one attached hydrogen (secondary N) is 2. The van der Waals surface area contributed by atoms with Gasteiger partial charge >= 0.3 is 6.36 Å². The van der Waals surface area contributed by atoms with Crippen molar-refractivity contribution < 1.29 is 31.9 Å². The molecule has 6 rings (SSSR count). The van der Waals surface area contributed by atoms with E-state index in [0.717, 1.165) is 70.3 Å². The number of hydrogen-bond acceptors (Lipinski definition) is 7. The lowest BCUT2D eigenvalue weighted by Crippen LogP contribution is -2.47. The maximum Gasteiger partial charge on any atom is 0.573 e. The van der Waals surface area contributed by atoms with E-state index in [1.807, 2.05) is 0 Å². The molecule has 9 nitrogen and oxygen atoms in total. The second-order valence-electron chi connectivity index (χ2n) is 14.6. The van der Waals surface area contributed by atoms with Crippen LogP contribution in [0.25, 0.3) is 11.1 Å². The molecule has 1 unspecified atom stereocenters. The minimum atomic E-state index is -4.83. The van der Waals surface area contributed by atoms with Gasteiger partial charge in [-0.15, -0.1) is 13.2 Å². The number of carbonyl (C=O) groups is 2. The van der Waals surface area contributed by atoms with Gasteiger partial charge in [-0.1, -0.05) is 25.0 Å². The Labute approximate surface area is 301 Å². The lowest BCUT2D eigenvalue weighted by atomic mass is 9.85. The molecule has 0 radical (unpaired) electrons. The number of amides is 2. The number of halogens is 4. The van der Waals surface area contributed by atoms with Crippen molar-refractivity contribution in [3.8, 4) is 16.9 Å². The maximum absolute atomic E-state index is 15.1. The molecule has 2 N–H and O–H groups in total. The molecule has 0 aliphatic carbocycles. The van der Waals surface area contributed by atoms with Crippen LogP contribution in [0.2, 0.25) is 0 Å². The van der Waals surface area contributed by atoms with Gasteiger partial charge in [0.15, 0.2) is 0 Å². The van der Waals surface area contributed by atoms with Crippen LogP contribution in [0.5, 0.6) is 5.75 Å². The van der Waals surface area contributed by atoms with E-state index in [9.17, 15) is 27.6 Å². The van der Waals surface area contributed by atoms with Crippen LogP contribution in [0.3, 0.4) is 0 Å². The first kappa shape index (κ1) is 37.4. The molecular formula is C39H47F4N5O4. The highest BCUT2D eigenvalue weighted by Crippen LogP contribution is 2.36. The molecule has 3 aromatic rings. The first-order chi connectivity index (χ1) is 24.7. The van der Waals surface area contributed by atoms with Crippen LogP contribution in [-0.4, -0.2) is 59.9 Å². The Kier molecular flexibility index (Phi) is 11.3. The van der Waals surface area contributed by atoms with E-state index < -0.39 is 18.3 Å². The first-order valence-electron chi connectivity index (χ1n) is 18.2. The lowest BCUT2D eigenvalue weighted by Gasteiger charge is -2.36. The molecule has 2 amide bonds. The van der Waals surface area contributed by atoms with E-state index in [2.05, 4.69) is 25.2 Å². The average molecular weight is 726 g/mol. The third-order valence-electron chi connectivity index (χ3n) is 11.1. The predicted molar refractivity (Wildman–Crippen MR) is 192 cm³/mol. The minimum absolute atomic E-state index is 0.141. The van der Waals surface area contributed by atoms with E-state index in [4.69, 9.17) is 0 Å². The van der Waals surface area contributed by atoms with Crippen LogP contribution in [0.4, 0.5) is 28.9 Å². The normalized spacial score (nSPS) is 19.5. The van der Waals surface area contributed by atoms with Gasteiger partial charge in [-0.3, -0.25) is 24.6 Å². The number of imide groups is 1. The molecule has 0 spiro atoms. The number of carbonyl (C=O) groups excluding carboxylic acids is 2. The van der Waals surface area contributed by atoms with Gasteiger partial charge in [0.05, 0.1) is 5.69 Å². The molecular weight excluding hydrogens is 678 g/mol. The molecule has 13 heteroatoms. The van der Waals surface area contributed by atoms with Crippen molar-refractivity contribution in [2.24, 2.45) is 18.9 Å². The van der Waals surface area contributed by atoms with Crippen molar-refractivity contribution in [2.75, 3.05) is 36.4 Å². The van der Waals surface area contributed by atoms with Crippen LogP contribution >= 0.6 is 0 Å². The van der Waals surface area contributed by atoms with Crippen LogP contribution in [-0.2, 0) is 23.2 Å². The molecule has 3 aliphatic rings. The van der Waals surface area contributed by atoms with Crippen molar-refractivity contribution in [3.63, 3.8) is 0 Å². The van der Waals surface area contributed by atoms with Crippen molar-refractivity contribution in [3.05, 3.63) is 75.5 Å². The third kappa shape index (κ3) is 8.97. The van der Waals surface area contributed by atoms with Crippen molar-refractivity contribution in [1.82, 2.24) is 14.8 Å². The number of likely N-dealkylation sites (tertiary alicyclic amines) is 1. The Balaban J connectivity index is 0.973. The summed E-state index contributed by atoms with van der Waals surface area (Å²) in [5, 5.41) is 5.34. The second-order valence-corrected chi connectivity index (χ2v) is 14.6. The zero-order chi connectivity index (χ0) is 37.2. The number of alkyl halides is 3. The van der Waals surface area contributed by atoms with Gasteiger partial charge in [0, 0.05) is 61.7 Å². The molecule has 2 aromatic carbocycles. The molecule has 1 atom stereocenters. The number of anilines is 2. The van der Waals surface area contributed by atoms with Gasteiger partial charge < -0.3 is 19.5 Å².